The predicted octanol–water partition coefficient (Wildman–Crippen LogP) is 2.47. The van der Waals surface area contributed by atoms with E-state index in [0.717, 1.165) is 23.5 Å². The number of nitrogens with zero attached hydrogens (tertiary/aromatic N) is 2. The van der Waals surface area contributed by atoms with E-state index in [9.17, 15) is 4.79 Å². The number of hydrogen-bond acceptors (Lipinski definition) is 2. The van der Waals surface area contributed by atoms with E-state index in [1.165, 1.54) is 0 Å². The van der Waals surface area contributed by atoms with Crippen LogP contribution in [0.4, 0.5) is 0 Å². The van der Waals surface area contributed by atoms with Gasteiger partial charge < -0.3 is 0 Å². The third kappa shape index (κ3) is 2.91. The van der Waals surface area contributed by atoms with E-state index in [4.69, 9.17) is 0 Å². The van der Waals surface area contributed by atoms with Crippen molar-refractivity contribution in [2.75, 3.05) is 0 Å². The molecule has 15 heavy (non-hydrogen) atoms. The molecule has 0 atom stereocenters. The number of hydrogen-bond donors (Lipinski definition) is 0. The van der Waals surface area contributed by atoms with Gasteiger partial charge in [0, 0.05) is 24.2 Å². The summed E-state index contributed by atoms with van der Waals surface area (Å²) in [7, 11) is 0. The summed E-state index contributed by atoms with van der Waals surface area (Å²) >= 11 is 0. The Morgan fingerprint density at radius 2 is 1.73 bits per heavy atom. The lowest BCUT2D eigenvalue weighted by atomic mass is 10.2. The molecule has 0 amide bonds. The first kappa shape index (κ1) is 13.9. The molecule has 0 bridgehead atoms. The van der Waals surface area contributed by atoms with E-state index in [2.05, 4.69) is 4.98 Å². The monoisotopic (exact) mass is 210 g/mol. The zero-order valence-corrected chi connectivity index (χ0v) is 10.7. The van der Waals surface area contributed by atoms with Crippen LogP contribution in [0.3, 0.4) is 0 Å². The van der Waals surface area contributed by atoms with Gasteiger partial charge in [-0.25, -0.2) is 4.98 Å². The molecule has 0 saturated carbocycles. The van der Waals surface area contributed by atoms with Crippen LogP contribution in [0.25, 0.3) is 0 Å². The lowest BCUT2D eigenvalue weighted by Crippen LogP contribution is -2.27. The van der Waals surface area contributed by atoms with Gasteiger partial charge in [-0.3, -0.25) is 9.36 Å². The van der Waals surface area contributed by atoms with E-state index >= 15 is 0 Å². The van der Waals surface area contributed by atoms with Gasteiger partial charge in [-0.2, -0.15) is 0 Å². The first-order valence-corrected chi connectivity index (χ1v) is 5.68. The molecular weight excluding hydrogens is 188 g/mol. The molecule has 0 saturated heterocycles. The minimum Gasteiger partial charge on any atom is -0.297 e. The van der Waals surface area contributed by atoms with Gasteiger partial charge in [0.25, 0.3) is 5.56 Å². The van der Waals surface area contributed by atoms with Crippen LogP contribution in [0.5, 0.6) is 0 Å². The highest BCUT2D eigenvalue weighted by Crippen LogP contribution is 2.01. The van der Waals surface area contributed by atoms with Crippen molar-refractivity contribution in [1.82, 2.24) is 9.55 Å². The zero-order chi connectivity index (χ0) is 12.0. The molecule has 3 nitrogen and oxygen atoms in total. The summed E-state index contributed by atoms with van der Waals surface area (Å²) in [5.41, 5.74) is 1.72. The molecule has 0 unspecified atom stereocenters. The number of aryl methyl sites for hydroxylation is 2. The Bertz CT molecular complexity index is 367. The van der Waals surface area contributed by atoms with Crippen LogP contribution < -0.4 is 5.56 Å². The lowest BCUT2D eigenvalue weighted by molar-refractivity contribution is 0.641. The Morgan fingerprint density at radius 3 is 2.13 bits per heavy atom. The maximum absolute atomic E-state index is 11.7. The van der Waals surface area contributed by atoms with Crippen LogP contribution in [0.15, 0.2) is 4.79 Å². The Morgan fingerprint density at radius 1 is 1.20 bits per heavy atom. The molecule has 0 spiro atoms. The minimum atomic E-state index is 0.104. The van der Waals surface area contributed by atoms with Crippen LogP contribution in [-0.4, -0.2) is 9.55 Å². The highest BCUT2D eigenvalue weighted by atomic mass is 16.1. The molecule has 1 rings (SSSR count). The van der Waals surface area contributed by atoms with Crippen molar-refractivity contribution >= 4 is 0 Å². The third-order valence-corrected chi connectivity index (χ3v) is 2.35. The largest absolute Gasteiger partial charge is 0.297 e. The summed E-state index contributed by atoms with van der Waals surface area (Å²) in [5, 5.41) is 0. The first-order chi connectivity index (χ1) is 7.11. The van der Waals surface area contributed by atoms with Gasteiger partial charge in [-0.05, 0) is 20.8 Å². The number of aromatic nitrogens is 2. The minimum absolute atomic E-state index is 0.104. The molecule has 0 aliphatic heterocycles. The van der Waals surface area contributed by atoms with E-state index in [0.29, 0.717) is 6.54 Å². The summed E-state index contributed by atoms with van der Waals surface area (Å²) in [5.74, 6) is 0.885. The molecule has 0 fully saturated rings. The van der Waals surface area contributed by atoms with Crippen LogP contribution in [0.1, 0.15) is 44.8 Å². The molecule has 1 aromatic heterocycles. The second-order valence-corrected chi connectivity index (χ2v) is 3.14. The van der Waals surface area contributed by atoms with Crippen molar-refractivity contribution in [3.05, 3.63) is 27.4 Å². The molecular formula is C12H22N2O. The highest BCUT2D eigenvalue weighted by Gasteiger charge is 2.07. The van der Waals surface area contributed by atoms with E-state index in [1.807, 2.05) is 41.5 Å². The normalized spacial score (nSPS) is 9.47. The summed E-state index contributed by atoms with van der Waals surface area (Å²) in [6, 6.07) is 0. The van der Waals surface area contributed by atoms with Crippen molar-refractivity contribution in [2.24, 2.45) is 0 Å². The van der Waals surface area contributed by atoms with E-state index in [-0.39, 0.29) is 5.56 Å². The smallest absolute Gasteiger partial charge is 0.256 e. The third-order valence-electron chi connectivity index (χ3n) is 2.35. The molecule has 3 heteroatoms. The van der Waals surface area contributed by atoms with Gasteiger partial charge in [0.2, 0.25) is 0 Å². The fourth-order valence-electron chi connectivity index (χ4n) is 1.41. The van der Waals surface area contributed by atoms with E-state index < -0.39 is 0 Å². The zero-order valence-electron chi connectivity index (χ0n) is 10.7. The Labute approximate surface area is 92.2 Å². The number of rotatable bonds is 2. The van der Waals surface area contributed by atoms with Crippen LogP contribution in [-0.2, 0) is 13.0 Å². The van der Waals surface area contributed by atoms with Gasteiger partial charge in [-0.1, -0.05) is 20.8 Å². The molecule has 1 aromatic rings. The average molecular weight is 210 g/mol. The van der Waals surface area contributed by atoms with E-state index in [1.54, 1.807) is 4.57 Å². The maximum atomic E-state index is 11.7. The van der Waals surface area contributed by atoms with Gasteiger partial charge >= 0.3 is 0 Å². The molecule has 0 radical (unpaired) electrons. The molecule has 1 heterocycles. The first-order valence-electron chi connectivity index (χ1n) is 5.68. The van der Waals surface area contributed by atoms with Crippen LogP contribution >= 0.6 is 0 Å². The Kier molecular flexibility index (Phi) is 5.90. The fourth-order valence-corrected chi connectivity index (χ4v) is 1.41. The second kappa shape index (κ2) is 6.38. The molecule has 0 aliphatic rings. The molecule has 0 N–H and O–H groups in total. The summed E-state index contributed by atoms with van der Waals surface area (Å²) < 4.78 is 1.74. The molecule has 86 valence electrons. The van der Waals surface area contributed by atoms with Gasteiger partial charge in [0.1, 0.15) is 5.82 Å². The fraction of sp³-hybridized carbons (Fsp3) is 0.667. The summed E-state index contributed by atoms with van der Waals surface area (Å²) in [4.78, 5) is 16.1. The van der Waals surface area contributed by atoms with Gasteiger partial charge in [-0.15, -0.1) is 0 Å². The topological polar surface area (TPSA) is 34.9 Å². The van der Waals surface area contributed by atoms with Crippen molar-refractivity contribution in [3.63, 3.8) is 0 Å². The lowest BCUT2D eigenvalue weighted by Gasteiger charge is -2.10. The highest BCUT2D eigenvalue weighted by molar-refractivity contribution is 5.15. The van der Waals surface area contributed by atoms with Crippen molar-refractivity contribution < 1.29 is 0 Å². The second-order valence-electron chi connectivity index (χ2n) is 3.14. The maximum Gasteiger partial charge on any atom is 0.256 e. The summed E-state index contributed by atoms with van der Waals surface area (Å²) in [6.07, 6.45) is 0.810. The van der Waals surface area contributed by atoms with Gasteiger partial charge in [0.15, 0.2) is 0 Å². The quantitative estimate of drug-likeness (QED) is 0.751. The molecule has 0 aromatic carbocycles. The summed E-state index contributed by atoms with van der Waals surface area (Å²) in [6.45, 7) is 12.4. The van der Waals surface area contributed by atoms with Crippen molar-refractivity contribution in [3.8, 4) is 0 Å². The Balaban J connectivity index is 0.000000921. The van der Waals surface area contributed by atoms with Gasteiger partial charge in [0.05, 0.1) is 0 Å². The molecule has 0 aliphatic carbocycles. The standard InChI is InChI=1S/C10H16N2O.C2H6/c1-5-9-11-8(4)7(3)10(13)12(9)6-2;1-2/h5-6H2,1-4H3;1-2H3. The SMILES string of the molecule is CC.CCc1nc(C)c(C)c(=O)n1CC. The predicted molar refractivity (Wildman–Crippen MR) is 64.4 cm³/mol. The Hall–Kier alpha value is -1.12. The van der Waals surface area contributed by atoms with Crippen molar-refractivity contribution in [1.29, 1.82) is 0 Å². The van der Waals surface area contributed by atoms with Crippen LogP contribution in [0, 0.1) is 13.8 Å². The average Bonchev–Trinajstić information content (AvgIpc) is 2.28. The van der Waals surface area contributed by atoms with Crippen molar-refractivity contribution in [2.45, 2.75) is 54.5 Å². The van der Waals surface area contributed by atoms with Crippen LogP contribution in [0.2, 0.25) is 0 Å².